The van der Waals surface area contributed by atoms with Crippen molar-refractivity contribution < 1.29 is 24.1 Å². The van der Waals surface area contributed by atoms with E-state index in [1.165, 1.54) is 0 Å². The summed E-state index contributed by atoms with van der Waals surface area (Å²) < 4.78 is 16.0. The minimum atomic E-state index is -0.760. The maximum atomic E-state index is 11.2. The van der Waals surface area contributed by atoms with E-state index in [-0.39, 0.29) is 12.7 Å². The third-order valence-corrected chi connectivity index (χ3v) is 3.54. The second kappa shape index (κ2) is 7.35. The van der Waals surface area contributed by atoms with Gasteiger partial charge in [-0.05, 0) is 30.0 Å². The topological polar surface area (TPSA) is 77.0 Å². The fourth-order valence-electron chi connectivity index (χ4n) is 2.52. The van der Waals surface area contributed by atoms with Crippen molar-refractivity contribution in [3.8, 4) is 17.2 Å². The van der Waals surface area contributed by atoms with Gasteiger partial charge in [0, 0.05) is 13.1 Å². The maximum absolute atomic E-state index is 11.2. The molecule has 0 amide bonds. The Labute approximate surface area is 130 Å². The molecular formula is C16H23NO5. The number of carboxylic acid groups (broad SMARTS) is 1. The fourth-order valence-corrected chi connectivity index (χ4v) is 2.52. The van der Waals surface area contributed by atoms with Gasteiger partial charge in [-0.25, -0.2) is 0 Å². The summed E-state index contributed by atoms with van der Waals surface area (Å²) in [6.45, 7) is 5.23. The van der Waals surface area contributed by atoms with Gasteiger partial charge in [0.15, 0.2) is 11.5 Å². The molecule has 22 heavy (non-hydrogen) atoms. The molecule has 1 aromatic rings. The quantitative estimate of drug-likeness (QED) is 0.767. The molecule has 1 atom stereocenters. The van der Waals surface area contributed by atoms with Crippen LogP contribution in [0.25, 0.3) is 0 Å². The minimum Gasteiger partial charge on any atom is -0.493 e. The highest BCUT2D eigenvalue weighted by molar-refractivity contribution is 5.70. The Bertz CT molecular complexity index is 530. The summed E-state index contributed by atoms with van der Waals surface area (Å²) in [6.07, 6.45) is 0.660. The van der Waals surface area contributed by atoms with E-state index in [1.807, 2.05) is 26.0 Å². The van der Waals surface area contributed by atoms with Crippen LogP contribution in [-0.2, 0) is 11.3 Å². The molecule has 0 spiro atoms. The average molecular weight is 309 g/mol. The highest BCUT2D eigenvalue weighted by Gasteiger charge is 2.21. The van der Waals surface area contributed by atoms with Crippen LogP contribution >= 0.6 is 0 Å². The van der Waals surface area contributed by atoms with Gasteiger partial charge in [-0.3, -0.25) is 4.79 Å². The molecular weight excluding hydrogens is 286 g/mol. The molecule has 122 valence electrons. The van der Waals surface area contributed by atoms with Gasteiger partial charge in [0.25, 0.3) is 0 Å². The first-order valence-corrected chi connectivity index (χ1v) is 7.41. The van der Waals surface area contributed by atoms with Crippen molar-refractivity contribution in [2.24, 2.45) is 11.8 Å². The summed E-state index contributed by atoms with van der Waals surface area (Å²) in [5.41, 5.74) is 0.967. The van der Waals surface area contributed by atoms with E-state index >= 15 is 0 Å². The summed E-state index contributed by atoms with van der Waals surface area (Å²) in [4.78, 5) is 11.2. The van der Waals surface area contributed by atoms with E-state index in [1.54, 1.807) is 7.11 Å². The Kier molecular flexibility index (Phi) is 5.49. The van der Waals surface area contributed by atoms with Crippen LogP contribution in [0.2, 0.25) is 0 Å². The van der Waals surface area contributed by atoms with Crippen molar-refractivity contribution in [2.75, 3.05) is 20.4 Å². The van der Waals surface area contributed by atoms with E-state index in [0.29, 0.717) is 42.7 Å². The van der Waals surface area contributed by atoms with Crippen molar-refractivity contribution >= 4 is 5.97 Å². The molecule has 0 radical (unpaired) electrons. The number of methoxy groups -OCH3 is 1. The number of rotatable bonds is 8. The molecule has 6 heteroatoms. The van der Waals surface area contributed by atoms with Crippen molar-refractivity contribution in [1.82, 2.24) is 5.32 Å². The van der Waals surface area contributed by atoms with Crippen LogP contribution in [-0.4, -0.2) is 31.5 Å². The number of hydrogen-bond acceptors (Lipinski definition) is 5. The van der Waals surface area contributed by atoms with Crippen LogP contribution in [0, 0.1) is 11.8 Å². The van der Waals surface area contributed by atoms with E-state index in [4.69, 9.17) is 14.2 Å². The number of carbonyl (C=O) groups is 1. The summed E-state index contributed by atoms with van der Waals surface area (Å²) in [6, 6.07) is 3.76. The maximum Gasteiger partial charge on any atom is 0.307 e. The highest BCUT2D eigenvalue weighted by Crippen LogP contribution is 2.41. The van der Waals surface area contributed by atoms with E-state index in [0.717, 1.165) is 5.56 Å². The summed E-state index contributed by atoms with van der Waals surface area (Å²) in [5.74, 6) is 1.13. The number of hydrogen-bond donors (Lipinski definition) is 2. The zero-order valence-corrected chi connectivity index (χ0v) is 13.2. The van der Waals surface area contributed by atoms with Gasteiger partial charge in [-0.1, -0.05) is 13.8 Å². The van der Waals surface area contributed by atoms with Gasteiger partial charge in [-0.15, -0.1) is 0 Å². The van der Waals surface area contributed by atoms with Gasteiger partial charge in [0.1, 0.15) is 0 Å². The van der Waals surface area contributed by atoms with Crippen molar-refractivity contribution in [3.63, 3.8) is 0 Å². The average Bonchev–Trinajstić information content (AvgIpc) is 2.93. The predicted molar refractivity (Wildman–Crippen MR) is 81.4 cm³/mol. The van der Waals surface area contributed by atoms with Gasteiger partial charge in [0.2, 0.25) is 12.5 Å². The SMILES string of the molecule is COc1cc(CNCC(CC(C)C)C(=O)O)cc2c1OCO2. The fraction of sp³-hybridized carbons (Fsp3) is 0.562. The Morgan fingerprint density at radius 3 is 2.82 bits per heavy atom. The summed E-state index contributed by atoms with van der Waals surface area (Å²) in [7, 11) is 1.58. The molecule has 0 aliphatic carbocycles. The second-order valence-corrected chi connectivity index (χ2v) is 5.83. The lowest BCUT2D eigenvalue weighted by molar-refractivity contribution is -0.142. The van der Waals surface area contributed by atoms with E-state index < -0.39 is 5.97 Å². The molecule has 2 rings (SSSR count). The molecule has 6 nitrogen and oxygen atoms in total. The molecule has 0 saturated heterocycles. The monoisotopic (exact) mass is 309 g/mol. The first-order chi connectivity index (χ1) is 10.5. The third kappa shape index (κ3) is 4.04. The normalized spacial score (nSPS) is 14.2. The molecule has 1 unspecified atom stereocenters. The lowest BCUT2D eigenvalue weighted by Gasteiger charge is -2.16. The number of aliphatic carboxylic acids is 1. The molecule has 0 saturated carbocycles. The van der Waals surface area contributed by atoms with E-state index in [9.17, 15) is 9.90 Å². The standard InChI is InChI=1S/C16H23NO5/c1-10(2)4-12(16(18)19)8-17-7-11-5-13(20-3)15-14(6-11)21-9-22-15/h5-6,10,12,17H,4,7-9H2,1-3H3,(H,18,19). The smallest absolute Gasteiger partial charge is 0.307 e. The molecule has 0 fully saturated rings. The highest BCUT2D eigenvalue weighted by atomic mass is 16.7. The number of benzene rings is 1. The molecule has 0 aromatic heterocycles. The van der Waals surface area contributed by atoms with Crippen molar-refractivity contribution in [1.29, 1.82) is 0 Å². The zero-order chi connectivity index (χ0) is 16.1. The number of nitrogens with one attached hydrogen (secondary N) is 1. The van der Waals surface area contributed by atoms with Crippen LogP contribution < -0.4 is 19.5 Å². The Morgan fingerprint density at radius 1 is 1.41 bits per heavy atom. The summed E-state index contributed by atoms with van der Waals surface area (Å²) >= 11 is 0. The Hall–Kier alpha value is -1.95. The number of fused-ring (bicyclic) bond motifs is 1. The van der Waals surface area contributed by atoms with E-state index in [2.05, 4.69) is 5.32 Å². The first kappa shape index (κ1) is 16.4. The van der Waals surface area contributed by atoms with Gasteiger partial charge >= 0.3 is 5.97 Å². The van der Waals surface area contributed by atoms with Crippen LogP contribution in [0.4, 0.5) is 0 Å². The molecule has 1 aliphatic heterocycles. The molecule has 0 bridgehead atoms. The first-order valence-electron chi connectivity index (χ1n) is 7.41. The van der Waals surface area contributed by atoms with Crippen LogP contribution in [0.3, 0.4) is 0 Å². The number of carboxylic acids is 1. The molecule has 1 aromatic carbocycles. The Balaban J connectivity index is 1.95. The van der Waals surface area contributed by atoms with Crippen LogP contribution in [0.5, 0.6) is 17.2 Å². The minimum absolute atomic E-state index is 0.193. The van der Waals surface area contributed by atoms with Gasteiger partial charge in [0.05, 0.1) is 13.0 Å². The largest absolute Gasteiger partial charge is 0.493 e. The lowest BCUT2D eigenvalue weighted by atomic mass is 9.97. The molecule has 1 heterocycles. The van der Waals surface area contributed by atoms with Crippen molar-refractivity contribution in [3.05, 3.63) is 17.7 Å². The lowest BCUT2D eigenvalue weighted by Crippen LogP contribution is -2.29. The third-order valence-electron chi connectivity index (χ3n) is 3.54. The van der Waals surface area contributed by atoms with Crippen molar-refractivity contribution in [2.45, 2.75) is 26.8 Å². The van der Waals surface area contributed by atoms with Gasteiger partial charge in [-0.2, -0.15) is 0 Å². The predicted octanol–water partition coefficient (Wildman–Crippen LogP) is 2.26. The zero-order valence-electron chi connectivity index (χ0n) is 13.2. The second-order valence-electron chi connectivity index (χ2n) is 5.83. The Morgan fingerprint density at radius 2 is 2.18 bits per heavy atom. The molecule has 2 N–H and O–H groups in total. The summed E-state index contributed by atoms with van der Waals surface area (Å²) in [5, 5.41) is 12.4. The van der Waals surface area contributed by atoms with Gasteiger partial charge < -0.3 is 24.6 Å². The molecule has 1 aliphatic rings. The number of ether oxygens (including phenoxy) is 3. The van der Waals surface area contributed by atoms with Crippen LogP contribution in [0.15, 0.2) is 12.1 Å². The van der Waals surface area contributed by atoms with Crippen LogP contribution in [0.1, 0.15) is 25.8 Å².